The fraction of sp³-hybridized carbons (Fsp3) is 0.353. The first-order chi connectivity index (χ1) is 11.6. The number of imide groups is 1. The monoisotopic (exact) mass is 366 g/mol. The molecule has 0 aliphatic rings. The quantitative estimate of drug-likeness (QED) is 0.817. The summed E-state index contributed by atoms with van der Waals surface area (Å²) in [6.07, 6.45) is -1.17. The van der Waals surface area contributed by atoms with Crippen molar-refractivity contribution in [1.29, 1.82) is 0 Å². The first kappa shape index (κ1) is 18.9. The topological polar surface area (TPSA) is 84.5 Å². The number of halogens is 1. The summed E-state index contributed by atoms with van der Waals surface area (Å²) in [5, 5.41) is 4.99. The number of esters is 1. The van der Waals surface area contributed by atoms with Gasteiger partial charge in [0.25, 0.3) is 5.91 Å². The van der Waals surface area contributed by atoms with Gasteiger partial charge in [-0.25, -0.2) is 14.0 Å². The van der Waals surface area contributed by atoms with Crippen LogP contribution >= 0.6 is 11.3 Å². The van der Waals surface area contributed by atoms with Crippen molar-refractivity contribution >= 4 is 39.3 Å². The Labute approximate surface area is 148 Å². The van der Waals surface area contributed by atoms with Crippen molar-refractivity contribution in [3.05, 3.63) is 35.0 Å². The minimum atomic E-state index is -1.17. The van der Waals surface area contributed by atoms with E-state index >= 15 is 0 Å². The molecule has 2 aromatic rings. The molecule has 0 bridgehead atoms. The van der Waals surface area contributed by atoms with Gasteiger partial charge in [0, 0.05) is 15.6 Å². The molecule has 0 saturated heterocycles. The predicted octanol–water partition coefficient (Wildman–Crippen LogP) is 3.21. The van der Waals surface area contributed by atoms with Gasteiger partial charge in [0.2, 0.25) is 0 Å². The van der Waals surface area contributed by atoms with Crippen LogP contribution in [0.5, 0.6) is 0 Å². The first-order valence-corrected chi connectivity index (χ1v) is 8.40. The van der Waals surface area contributed by atoms with Crippen LogP contribution in [0.25, 0.3) is 10.1 Å². The largest absolute Gasteiger partial charge is 0.448 e. The van der Waals surface area contributed by atoms with Gasteiger partial charge in [-0.3, -0.25) is 10.1 Å². The second kappa shape index (κ2) is 7.18. The lowest BCUT2D eigenvalue weighted by atomic mass is 10.1. The van der Waals surface area contributed by atoms with Gasteiger partial charge >= 0.3 is 12.0 Å². The Hall–Kier alpha value is -2.48. The molecule has 0 radical (unpaired) electrons. The number of carbonyl (C=O) groups is 3. The van der Waals surface area contributed by atoms with Gasteiger partial charge in [0.15, 0.2) is 6.10 Å². The minimum Gasteiger partial charge on any atom is -0.448 e. The van der Waals surface area contributed by atoms with Gasteiger partial charge in [-0.15, -0.1) is 11.3 Å². The molecule has 6 nitrogen and oxygen atoms in total. The van der Waals surface area contributed by atoms with Crippen molar-refractivity contribution in [2.45, 2.75) is 39.3 Å². The molecule has 1 heterocycles. The number of amides is 3. The second-order valence-corrected chi connectivity index (χ2v) is 7.59. The van der Waals surface area contributed by atoms with Crippen LogP contribution in [-0.4, -0.2) is 29.6 Å². The average molecular weight is 366 g/mol. The van der Waals surface area contributed by atoms with Crippen LogP contribution in [-0.2, 0) is 9.53 Å². The summed E-state index contributed by atoms with van der Waals surface area (Å²) in [7, 11) is 0. The van der Waals surface area contributed by atoms with Crippen molar-refractivity contribution in [2.75, 3.05) is 0 Å². The van der Waals surface area contributed by atoms with Crippen LogP contribution in [0, 0.1) is 5.82 Å². The zero-order chi connectivity index (χ0) is 18.8. The van der Waals surface area contributed by atoms with Gasteiger partial charge in [-0.05, 0) is 45.9 Å². The van der Waals surface area contributed by atoms with Crippen molar-refractivity contribution in [3.63, 3.8) is 0 Å². The number of fused-ring (bicyclic) bond motifs is 1. The maximum absolute atomic E-state index is 13.7. The molecule has 0 fully saturated rings. The van der Waals surface area contributed by atoms with E-state index in [0.29, 0.717) is 10.1 Å². The van der Waals surface area contributed by atoms with E-state index in [0.717, 1.165) is 11.3 Å². The lowest BCUT2D eigenvalue weighted by Gasteiger charge is -2.21. The van der Waals surface area contributed by atoms with Crippen LogP contribution < -0.4 is 10.6 Å². The number of rotatable bonds is 3. The molecule has 1 aromatic heterocycles. The zero-order valence-corrected chi connectivity index (χ0v) is 15.1. The van der Waals surface area contributed by atoms with Gasteiger partial charge in [-0.1, -0.05) is 6.07 Å². The molecule has 0 spiro atoms. The summed E-state index contributed by atoms with van der Waals surface area (Å²) in [5.41, 5.74) is -0.509. The molecule has 3 amide bonds. The highest BCUT2D eigenvalue weighted by Gasteiger charge is 2.23. The number of thiophene rings is 1. The molecule has 1 unspecified atom stereocenters. The third kappa shape index (κ3) is 4.99. The molecule has 134 valence electrons. The van der Waals surface area contributed by atoms with Gasteiger partial charge in [-0.2, -0.15) is 0 Å². The number of carbonyl (C=O) groups excluding carboxylic acids is 3. The third-order valence-electron chi connectivity index (χ3n) is 3.09. The summed E-state index contributed by atoms with van der Waals surface area (Å²) in [4.78, 5) is 35.9. The Kier molecular flexibility index (Phi) is 5.42. The second-order valence-electron chi connectivity index (χ2n) is 6.50. The van der Waals surface area contributed by atoms with Gasteiger partial charge in [0.1, 0.15) is 10.7 Å². The molecule has 1 aromatic carbocycles. The molecule has 1 atom stereocenters. The molecule has 2 N–H and O–H groups in total. The first-order valence-electron chi connectivity index (χ1n) is 7.59. The van der Waals surface area contributed by atoms with Crippen molar-refractivity contribution in [1.82, 2.24) is 10.6 Å². The van der Waals surface area contributed by atoms with Gasteiger partial charge < -0.3 is 10.1 Å². The number of nitrogens with one attached hydrogen (secondary N) is 2. The summed E-state index contributed by atoms with van der Waals surface area (Å²) in [6, 6.07) is 5.24. The molecule has 2 rings (SSSR count). The number of benzene rings is 1. The number of urea groups is 1. The fourth-order valence-corrected chi connectivity index (χ4v) is 2.94. The minimum absolute atomic E-state index is 0.180. The van der Waals surface area contributed by atoms with Crippen molar-refractivity contribution in [3.8, 4) is 0 Å². The fourth-order valence-electron chi connectivity index (χ4n) is 1.98. The molecular formula is C17H19FN2O4S. The van der Waals surface area contributed by atoms with Crippen LogP contribution in [0.1, 0.15) is 37.4 Å². The van der Waals surface area contributed by atoms with Crippen LogP contribution in [0.15, 0.2) is 24.3 Å². The standard InChI is InChI=1S/C17H19FN2O4S/c1-9(14(21)19-16(23)20-17(2,3)4)24-15(22)13-8-10-11(18)6-5-7-12(10)25-13/h5-9H,1-4H3,(H2,19,20,21,23). The lowest BCUT2D eigenvalue weighted by Crippen LogP contribution is -2.50. The summed E-state index contributed by atoms with van der Waals surface area (Å²) in [5.74, 6) is -1.93. The van der Waals surface area contributed by atoms with Crippen molar-refractivity contribution < 1.29 is 23.5 Å². The maximum Gasteiger partial charge on any atom is 0.349 e. The third-order valence-corrected chi connectivity index (χ3v) is 4.17. The van der Waals surface area contributed by atoms with Gasteiger partial charge in [0.05, 0.1) is 0 Å². The van der Waals surface area contributed by atoms with E-state index < -0.39 is 35.4 Å². The lowest BCUT2D eigenvalue weighted by molar-refractivity contribution is -0.127. The summed E-state index contributed by atoms with van der Waals surface area (Å²) < 4.78 is 19.3. The Morgan fingerprint density at radius 3 is 2.52 bits per heavy atom. The molecular weight excluding hydrogens is 347 g/mol. The van der Waals surface area contributed by atoms with E-state index in [9.17, 15) is 18.8 Å². The van der Waals surface area contributed by atoms with E-state index in [2.05, 4.69) is 10.6 Å². The highest BCUT2D eigenvalue weighted by atomic mass is 32.1. The average Bonchev–Trinajstić information content (AvgIpc) is 2.90. The number of hydrogen-bond acceptors (Lipinski definition) is 5. The highest BCUT2D eigenvalue weighted by molar-refractivity contribution is 7.20. The molecule has 25 heavy (non-hydrogen) atoms. The Bertz CT molecular complexity index is 826. The van der Waals surface area contributed by atoms with Crippen molar-refractivity contribution in [2.24, 2.45) is 0 Å². The SMILES string of the molecule is CC(OC(=O)c1cc2c(F)cccc2s1)C(=O)NC(=O)NC(C)(C)C. The van der Waals surface area contributed by atoms with E-state index in [-0.39, 0.29) is 4.88 Å². The molecule has 0 saturated carbocycles. The van der Waals surface area contributed by atoms with E-state index in [1.807, 2.05) is 0 Å². The highest BCUT2D eigenvalue weighted by Crippen LogP contribution is 2.28. The Morgan fingerprint density at radius 2 is 1.92 bits per heavy atom. The summed E-state index contributed by atoms with van der Waals surface area (Å²) in [6.45, 7) is 6.65. The van der Waals surface area contributed by atoms with E-state index in [1.165, 1.54) is 19.1 Å². The van der Waals surface area contributed by atoms with E-state index in [4.69, 9.17) is 4.74 Å². The molecule has 0 aliphatic carbocycles. The van der Waals surface area contributed by atoms with Crippen LogP contribution in [0.3, 0.4) is 0 Å². The number of ether oxygens (including phenoxy) is 1. The smallest absolute Gasteiger partial charge is 0.349 e. The number of hydrogen-bond donors (Lipinski definition) is 2. The zero-order valence-electron chi connectivity index (χ0n) is 14.3. The Morgan fingerprint density at radius 1 is 1.24 bits per heavy atom. The summed E-state index contributed by atoms with van der Waals surface area (Å²) >= 11 is 1.07. The predicted molar refractivity (Wildman–Crippen MR) is 93.1 cm³/mol. The van der Waals surface area contributed by atoms with Crippen LogP contribution in [0.4, 0.5) is 9.18 Å². The van der Waals surface area contributed by atoms with Crippen LogP contribution in [0.2, 0.25) is 0 Å². The van der Waals surface area contributed by atoms with E-state index in [1.54, 1.807) is 32.9 Å². The molecule has 8 heteroatoms. The maximum atomic E-state index is 13.7. The normalized spacial score (nSPS) is 12.5. The Balaban J connectivity index is 2.00. The molecule has 0 aliphatic heterocycles.